The molecule has 1 aliphatic rings. The summed E-state index contributed by atoms with van der Waals surface area (Å²) in [4.78, 5) is 25.4. The van der Waals surface area contributed by atoms with Gasteiger partial charge in [0.2, 0.25) is 0 Å². The van der Waals surface area contributed by atoms with Gasteiger partial charge in [0.15, 0.2) is 5.13 Å². The van der Waals surface area contributed by atoms with Gasteiger partial charge in [0.25, 0.3) is 5.91 Å². The Labute approximate surface area is 148 Å². The Morgan fingerprint density at radius 3 is 2.58 bits per heavy atom. The molecule has 7 heteroatoms. The second-order valence-corrected chi connectivity index (χ2v) is 7.05. The fourth-order valence-corrected chi connectivity index (χ4v) is 3.89. The number of carbonyl (C=O) groups excluding carboxylic acids is 1. The van der Waals surface area contributed by atoms with Gasteiger partial charge in [-0.3, -0.25) is 4.79 Å². The van der Waals surface area contributed by atoms with E-state index in [-0.39, 0.29) is 5.91 Å². The van der Waals surface area contributed by atoms with Crippen molar-refractivity contribution in [1.29, 1.82) is 0 Å². The Morgan fingerprint density at radius 2 is 1.88 bits per heavy atom. The standard InChI is InChI=1S/C17H15ClN4OS/c18-12-5-6-14(19-11-12)16(23)21-7-9-22(10-8-21)17-20-13-3-1-2-4-15(13)24-17/h1-6,11H,7-10H2. The summed E-state index contributed by atoms with van der Waals surface area (Å²) in [5.41, 5.74) is 1.47. The molecule has 2 aromatic heterocycles. The molecular weight excluding hydrogens is 344 g/mol. The van der Waals surface area contributed by atoms with Crippen LogP contribution in [0.15, 0.2) is 42.6 Å². The predicted octanol–water partition coefficient (Wildman–Crippen LogP) is 3.31. The van der Waals surface area contributed by atoms with E-state index in [4.69, 9.17) is 11.6 Å². The van der Waals surface area contributed by atoms with E-state index in [1.807, 2.05) is 23.1 Å². The third-order valence-electron chi connectivity index (χ3n) is 4.07. The molecular formula is C17H15ClN4OS. The monoisotopic (exact) mass is 358 g/mol. The Hall–Kier alpha value is -2.18. The number of halogens is 1. The Kier molecular flexibility index (Phi) is 4.08. The van der Waals surface area contributed by atoms with E-state index in [9.17, 15) is 4.79 Å². The van der Waals surface area contributed by atoms with Crippen molar-refractivity contribution in [2.75, 3.05) is 31.1 Å². The number of benzene rings is 1. The second kappa shape index (κ2) is 6.37. The number of hydrogen-bond donors (Lipinski definition) is 0. The van der Waals surface area contributed by atoms with Crippen molar-refractivity contribution in [3.05, 3.63) is 53.3 Å². The largest absolute Gasteiger partial charge is 0.345 e. The van der Waals surface area contributed by atoms with Crippen molar-refractivity contribution in [3.8, 4) is 0 Å². The number of para-hydroxylation sites is 1. The lowest BCUT2D eigenvalue weighted by Crippen LogP contribution is -2.49. The molecule has 4 rings (SSSR count). The van der Waals surface area contributed by atoms with E-state index in [0.717, 1.165) is 23.7 Å². The lowest BCUT2D eigenvalue weighted by atomic mass is 10.2. The van der Waals surface area contributed by atoms with Crippen LogP contribution < -0.4 is 4.90 Å². The van der Waals surface area contributed by atoms with Crippen molar-refractivity contribution in [1.82, 2.24) is 14.9 Å². The average Bonchev–Trinajstić information content (AvgIpc) is 3.06. The minimum atomic E-state index is -0.0457. The molecule has 0 atom stereocenters. The predicted molar refractivity (Wildman–Crippen MR) is 97.0 cm³/mol. The van der Waals surface area contributed by atoms with E-state index >= 15 is 0 Å². The summed E-state index contributed by atoms with van der Waals surface area (Å²) >= 11 is 7.52. The highest BCUT2D eigenvalue weighted by Crippen LogP contribution is 2.29. The van der Waals surface area contributed by atoms with Gasteiger partial charge in [-0.05, 0) is 24.3 Å². The quantitative estimate of drug-likeness (QED) is 0.705. The summed E-state index contributed by atoms with van der Waals surface area (Å²) in [5, 5.41) is 1.56. The number of fused-ring (bicyclic) bond motifs is 1. The van der Waals surface area contributed by atoms with Gasteiger partial charge in [-0.15, -0.1) is 0 Å². The molecule has 0 saturated carbocycles. The van der Waals surface area contributed by atoms with Crippen LogP contribution in [0.5, 0.6) is 0 Å². The minimum Gasteiger partial charge on any atom is -0.345 e. The molecule has 3 heterocycles. The Balaban J connectivity index is 1.44. The van der Waals surface area contributed by atoms with Gasteiger partial charge in [-0.25, -0.2) is 9.97 Å². The zero-order valence-corrected chi connectivity index (χ0v) is 14.4. The van der Waals surface area contributed by atoms with Crippen LogP contribution >= 0.6 is 22.9 Å². The van der Waals surface area contributed by atoms with Gasteiger partial charge in [0.05, 0.1) is 15.2 Å². The average molecular weight is 359 g/mol. The highest BCUT2D eigenvalue weighted by Gasteiger charge is 2.24. The lowest BCUT2D eigenvalue weighted by molar-refractivity contribution is 0.0741. The van der Waals surface area contributed by atoms with Crippen LogP contribution in [-0.4, -0.2) is 47.0 Å². The van der Waals surface area contributed by atoms with E-state index < -0.39 is 0 Å². The fraction of sp³-hybridized carbons (Fsp3) is 0.235. The van der Waals surface area contributed by atoms with Crippen LogP contribution in [-0.2, 0) is 0 Å². The zero-order chi connectivity index (χ0) is 16.5. The van der Waals surface area contributed by atoms with Gasteiger partial charge >= 0.3 is 0 Å². The maximum Gasteiger partial charge on any atom is 0.272 e. The van der Waals surface area contributed by atoms with Crippen molar-refractivity contribution < 1.29 is 4.79 Å². The molecule has 0 bridgehead atoms. The molecule has 1 fully saturated rings. The first-order valence-electron chi connectivity index (χ1n) is 7.72. The van der Waals surface area contributed by atoms with Gasteiger partial charge in [0, 0.05) is 32.4 Å². The Bertz CT molecular complexity index is 839. The number of carbonyl (C=O) groups is 1. The molecule has 5 nitrogen and oxygen atoms in total. The Morgan fingerprint density at radius 1 is 1.08 bits per heavy atom. The molecule has 0 aliphatic carbocycles. The van der Waals surface area contributed by atoms with Crippen LogP contribution in [0.25, 0.3) is 10.2 Å². The third-order valence-corrected chi connectivity index (χ3v) is 5.39. The second-order valence-electron chi connectivity index (χ2n) is 5.61. The zero-order valence-electron chi connectivity index (χ0n) is 12.9. The fourth-order valence-electron chi connectivity index (χ4n) is 2.76. The van der Waals surface area contributed by atoms with Crippen molar-refractivity contribution in [2.45, 2.75) is 0 Å². The first-order valence-corrected chi connectivity index (χ1v) is 8.91. The molecule has 0 N–H and O–H groups in total. The molecule has 1 saturated heterocycles. The summed E-state index contributed by atoms with van der Waals surface area (Å²) in [6.07, 6.45) is 1.51. The summed E-state index contributed by atoms with van der Waals surface area (Å²) in [6.45, 7) is 2.89. The number of hydrogen-bond acceptors (Lipinski definition) is 5. The topological polar surface area (TPSA) is 49.3 Å². The number of thiazole rings is 1. The van der Waals surface area contributed by atoms with Crippen LogP contribution in [0.1, 0.15) is 10.5 Å². The molecule has 122 valence electrons. The molecule has 0 spiro atoms. The summed E-state index contributed by atoms with van der Waals surface area (Å²) in [6, 6.07) is 11.5. The van der Waals surface area contributed by atoms with Crippen LogP contribution in [0.4, 0.5) is 5.13 Å². The maximum absolute atomic E-state index is 12.5. The summed E-state index contributed by atoms with van der Waals surface area (Å²) < 4.78 is 1.19. The van der Waals surface area contributed by atoms with Crippen molar-refractivity contribution in [2.24, 2.45) is 0 Å². The van der Waals surface area contributed by atoms with E-state index in [0.29, 0.717) is 23.8 Å². The molecule has 3 aromatic rings. The van der Waals surface area contributed by atoms with E-state index in [1.54, 1.807) is 23.5 Å². The van der Waals surface area contributed by atoms with Crippen molar-refractivity contribution in [3.63, 3.8) is 0 Å². The maximum atomic E-state index is 12.5. The smallest absolute Gasteiger partial charge is 0.272 e. The first-order chi connectivity index (χ1) is 11.7. The minimum absolute atomic E-state index is 0.0457. The van der Waals surface area contributed by atoms with Crippen LogP contribution in [0.2, 0.25) is 5.02 Å². The first kappa shape index (κ1) is 15.4. The number of amides is 1. The molecule has 24 heavy (non-hydrogen) atoms. The number of aromatic nitrogens is 2. The number of anilines is 1. The highest BCUT2D eigenvalue weighted by molar-refractivity contribution is 7.22. The highest BCUT2D eigenvalue weighted by atomic mass is 35.5. The van der Waals surface area contributed by atoms with E-state index in [2.05, 4.69) is 20.9 Å². The molecule has 1 aromatic carbocycles. The third kappa shape index (κ3) is 2.95. The van der Waals surface area contributed by atoms with Gasteiger partial charge in [-0.2, -0.15) is 0 Å². The number of piperazine rings is 1. The van der Waals surface area contributed by atoms with Gasteiger partial charge in [0.1, 0.15) is 5.69 Å². The van der Waals surface area contributed by atoms with Crippen molar-refractivity contribution >= 4 is 44.2 Å². The number of pyridine rings is 1. The SMILES string of the molecule is O=C(c1ccc(Cl)cn1)N1CCN(c2nc3ccccc3s2)CC1. The number of nitrogens with zero attached hydrogens (tertiary/aromatic N) is 4. The molecule has 0 unspecified atom stereocenters. The van der Waals surface area contributed by atoms with Gasteiger partial charge in [-0.1, -0.05) is 35.1 Å². The summed E-state index contributed by atoms with van der Waals surface area (Å²) in [5.74, 6) is -0.0457. The number of rotatable bonds is 2. The van der Waals surface area contributed by atoms with Gasteiger partial charge < -0.3 is 9.80 Å². The summed E-state index contributed by atoms with van der Waals surface area (Å²) in [7, 11) is 0. The van der Waals surface area contributed by atoms with E-state index in [1.165, 1.54) is 10.9 Å². The molecule has 1 aliphatic heterocycles. The van der Waals surface area contributed by atoms with Crippen LogP contribution in [0, 0.1) is 0 Å². The normalized spacial score (nSPS) is 15.0. The molecule has 0 radical (unpaired) electrons. The van der Waals surface area contributed by atoms with Crippen LogP contribution in [0.3, 0.4) is 0 Å². The lowest BCUT2D eigenvalue weighted by Gasteiger charge is -2.34. The molecule has 1 amide bonds.